The second-order valence-corrected chi connectivity index (χ2v) is 4.49. The molecule has 20 heavy (non-hydrogen) atoms. The number of phenolic OH excluding ortho intramolecular Hbond substituents is 2. The lowest BCUT2D eigenvalue weighted by Crippen LogP contribution is -2.32. The van der Waals surface area contributed by atoms with Crippen LogP contribution in [0.15, 0.2) is 36.4 Å². The number of carbonyl (C=O) groups excluding carboxylic acids is 1. The Morgan fingerprint density at radius 1 is 0.900 bits per heavy atom. The minimum atomic E-state index is -0.632. The first kappa shape index (κ1) is 12.1. The molecular formula is C15H12N2O3. The number of benzene rings is 2. The third-order valence-corrected chi connectivity index (χ3v) is 3.17. The molecule has 3 rings (SSSR count). The first-order valence-corrected chi connectivity index (χ1v) is 6.00. The van der Waals surface area contributed by atoms with E-state index in [9.17, 15) is 15.0 Å². The van der Waals surface area contributed by atoms with Crippen molar-refractivity contribution < 1.29 is 15.0 Å². The molecule has 100 valence electrons. The van der Waals surface area contributed by atoms with Crippen LogP contribution in [-0.2, 0) is 0 Å². The van der Waals surface area contributed by atoms with Crippen LogP contribution < -0.4 is 10.6 Å². The fourth-order valence-electron chi connectivity index (χ4n) is 2.30. The molecule has 1 aliphatic rings. The van der Waals surface area contributed by atoms with E-state index in [1.54, 1.807) is 36.4 Å². The van der Waals surface area contributed by atoms with Gasteiger partial charge >= 0.3 is 6.03 Å². The standard InChI is InChI=1S/C15H12N2O3/c16-15(20)17-13-5-3-11(18)7-9(13)1-2-10-8-12(19)4-6-14(10)17/h1-8,18-19H,(H2,16,20). The van der Waals surface area contributed by atoms with Crippen LogP contribution in [0.5, 0.6) is 11.5 Å². The second kappa shape index (κ2) is 4.31. The average Bonchev–Trinajstić information content (AvgIpc) is 2.55. The summed E-state index contributed by atoms with van der Waals surface area (Å²) in [5.74, 6) is 0.207. The molecule has 0 spiro atoms. The van der Waals surface area contributed by atoms with Crippen LogP contribution in [0, 0.1) is 0 Å². The van der Waals surface area contributed by atoms with Gasteiger partial charge in [0, 0.05) is 11.1 Å². The smallest absolute Gasteiger partial charge is 0.323 e. The number of nitrogens with two attached hydrogens (primary N) is 1. The monoisotopic (exact) mass is 268 g/mol. The molecule has 1 heterocycles. The molecule has 0 bridgehead atoms. The quantitative estimate of drug-likeness (QED) is 0.686. The van der Waals surface area contributed by atoms with E-state index in [1.165, 1.54) is 17.0 Å². The molecule has 5 nitrogen and oxygen atoms in total. The maximum atomic E-state index is 11.8. The number of primary amides is 1. The topological polar surface area (TPSA) is 86.8 Å². The molecule has 1 aliphatic heterocycles. The Morgan fingerprint density at radius 3 is 1.75 bits per heavy atom. The van der Waals surface area contributed by atoms with Gasteiger partial charge in [0.2, 0.25) is 0 Å². The van der Waals surface area contributed by atoms with Crippen LogP contribution in [0.25, 0.3) is 12.2 Å². The predicted molar refractivity (Wildman–Crippen MR) is 76.9 cm³/mol. The molecule has 0 saturated heterocycles. The summed E-state index contributed by atoms with van der Waals surface area (Å²) >= 11 is 0. The van der Waals surface area contributed by atoms with Gasteiger partial charge in [0.15, 0.2) is 0 Å². The second-order valence-electron chi connectivity index (χ2n) is 4.49. The molecule has 2 amide bonds. The first-order valence-electron chi connectivity index (χ1n) is 6.00. The zero-order chi connectivity index (χ0) is 14.3. The van der Waals surface area contributed by atoms with Crippen LogP contribution in [0.3, 0.4) is 0 Å². The van der Waals surface area contributed by atoms with Gasteiger partial charge in [0.1, 0.15) is 11.5 Å². The van der Waals surface area contributed by atoms with E-state index in [4.69, 9.17) is 5.73 Å². The van der Waals surface area contributed by atoms with E-state index in [1.807, 2.05) is 0 Å². The third kappa shape index (κ3) is 1.85. The molecule has 0 fully saturated rings. The Morgan fingerprint density at radius 2 is 1.35 bits per heavy atom. The van der Waals surface area contributed by atoms with Crippen molar-refractivity contribution >= 4 is 29.6 Å². The predicted octanol–water partition coefficient (Wildman–Crippen LogP) is 2.80. The number of carbonyl (C=O) groups is 1. The highest BCUT2D eigenvalue weighted by molar-refractivity contribution is 6.05. The average molecular weight is 268 g/mol. The van der Waals surface area contributed by atoms with Gasteiger partial charge in [0.25, 0.3) is 0 Å². The Kier molecular flexibility index (Phi) is 2.61. The van der Waals surface area contributed by atoms with Crippen molar-refractivity contribution in [3.63, 3.8) is 0 Å². The van der Waals surface area contributed by atoms with Gasteiger partial charge in [-0.15, -0.1) is 0 Å². The van der Waals surface area contributed by atoms with Gasteiger partial charge in [-0.3, -0.25) is 4.90 Å². The summed E-state index contributed by atoms with van der Waals surface area (Å²) in [4.78, 5) is 13.1. The minimum Gasteiger partial charge on any atom is -0.508 e. The summed E-state index contributed by atoms with van der Waals surface area (Å²) < 4.78 is 0. The summed E-state index contributed by atoms with van der Waals surface area (Å²) in [7, 11) is 0. The lowest BCUT2D eigenvalue weighted by atomic mass is 10.1. The molecule has 4 N–H and O–H groups in total. The number of fused-ring (bicyclic) bond motifs is 2. The Labute approximate surface area is 115 Å². The van der Waals surface area contributed by atoms with Gasteiger partial charge in [0.05, 0.1) is 11.4 Å². The van der Waals surface area contributed by atoms with Gasteiger partial charge in [-0.1, -0.05) is 12.2 Å². The maximum absolute atomic E-state index is 11.8. The highest BCUT2D eigenvalue weighted by atomic mass is 16.3. The zero-order valence-electron chi connectivity index (χ0n) is 10.4. The molecule has 5 heteroatoms. The van der Waals surface area contributed by atoms with Gasteiger partial charge in [-0.2, -0.15) is 0 Å². The minimum absolute atomic E-state index is 0.103. The Hall–Kier alpha value is -2.95. The normalized spacial score (nSPS) is 12.5. The van der Waals surface area contributed by atoms with Crippen LogP contribution in [0.1, 0.15) is 11.1 Å². The summed E-state index contributed by atoms with van der Waals surface area (Å²) in [6, 6.07) is 8.71. The zero-order valence-corrected chi connectivity index (χ0v) is 10.4. The van der Waals surface area contributed by atoms with E-state index >= 15 is 0 Å². The van der Waals surface area contributed by atoms with Gasteiger partial charge in [-0.05, 0) is 36.4 Å². The van der Waals surface area contributed by atoms with E-state index < -0.39 is 6.03 Å². The first-order chi connectivity index (χ1) is 9.56. The van der Waals surface area contributed by atoms with Crippen LogP contribution in [0.2, 0.25) is 0 Å². The van der Waals surface area contributed by atoms with Crippen molar-refractivity contribution in [1.29, 1.82) is 0 Å². The van der Waals surface area contributed by atoms with E-state index in [0.717, 1.165) is 0 Å². The molecule has 0 unspecified atom stereocenters. The summed E-state index contributed by atoms with van der Waals surface area (Å²) in [6.45, 7) is 0. The van der Waals surface area contributed by atoms with Crippen molar-refractivity contribution in [2.75, 3.05) is 4.90 Å². The number of urea groups is 1. The number of hydrogen-bond acceptors (Lipinski definition) is 3. The largest absolute Gasteiger partial charge is 0.508 e. The number of hydrogen-bond donors (Lipinski definition) is 3. The van der Waals surface area contributed by atoms with Gasteiger partial charge < -0.3 is 15.9 Å². The van der Waals surface area contributed by atoms with E-state index in [-0.39, 0.29) is 11.5 Å². The number of amides is 2. The maximum Gasteiger partial charge on any atom is 0.323 e. The lowest BCUT2D eigenvalue weighted by Gasteiger charge is -2.22. The molecule has 2 aromatic rings. The fourth-order valence-corrected chi connectivity index (χ4v) is 2.30. The summed E-state index contributed by atoms with van der Waals surface area (Å²) in [6.07, 6.45) is 3.52. The molecule has 0 aromatic heterocycles. The highest BCUT2D eigenvalue weighted by Gasteiger charge is 2.22. The molecule has 2 aromatic carbocycles. The van der Waals surface area contributed by atoms with E-state index in [0.29, 0.717) is 22.5 Å². The van der Waals surface area contributed by atoms with Crippen LogP contribution in [-0.4, -0.2) is 16.2 Å². The summed E-state index contributed by atoms with van der Waals surface area (Å²) in [5.41, 5.74) is 7.97. The van der Waals surface area contributed by atoms with Gasteiger partial charge in [-0.25, -0.2) is 4.79 Å². The molecular weight excluding hydrogens is 256 g/mol. The van der Waals surface area contributed by atoms with Crippen molar-refractivity contribution in [2.24, 2.45) is 5.73 Å². The van der Waals surface area contributed by atoms with Crippen molar-refractivity contribution in [3.8, 4) is 11.5 Å². The lowest BCUT2D eigenvalue weighted by molar-refractivity contribution is 0.256. The van der Waals surface area contributed by atoms with Crippen LogP contribution >= 0.6 is 0 Å². The number of aromatic hydroxyl groups is 2. The Bertz CT molecular complexity index is 682. The van der Waals surface area contributed by atoms with E-state index in [2.05, 4.69) is 0 Å². The van der Waals surface area contributed by atoms with Crippen molar-refractivity contribution in [2.45, 2.75) is 0 Å². The SMILES string of the molecule is NC(=O)N1c2ccc(O)cc2C=Cc2cc(O)ccc21. The van der Waals surface area contributed by atoms with Crippen molar-refractivity contribution in [3.05, 3.63) is 47.5 Å². The fraction of sp³-hybridized carbons (Fsp3) is 0. The van der Waals surface area contributed by atoms with Crippen LogP contribution in [0.4, 0.5) is 16.2 Å². The third-order valence-electron chi connectivity index (χ3n) is 3.17. The molecule has 0 atom stereocenters. The molecule has 0 radical (unpaired) electrons. The Balaban J connectivity index is 2.30. The highest BCUT2D eigenvalue weighted by Crippen LogP contribution is 2.38. The molecule has 0 saturated carbocycles. The number of nitrogens with zero attached hydrogens (tertiary/aromatic N) is 1. The number of anilines is 2. The number of phenols is 2. The summed E-state index contributed by atoms with van der Waals surface area (Å²) in [5, 5.41) is 19.1. The molecule has 0 aliphatic carbocycles. The number of rotatable bonds is 0. The van der Waals surface area contributed by atoms with Crippen molar-refractivity contribution in [1.82, 2.24) is 0 Å².